The molecule has 2 aromatic carbocycles. The van der Waals surface area contributed by atoms with Crippen LogP contribution in [-0.4, -0.2) is 93.5 Å². The van der Waals surface area contributed by atoms with Gasteiger partial charge in [-0.05, 0) is 48.9 Å². The molecule has 16 nitrogen and oxygen atoms in total. The second-order valence-corrected chi connectivity index (χ2v) is 11.8. The summed E-state index contributed by atoms with van der Waals surface area (Å²) in [6.07, 6.45) is -0.724. The molecule has 0 bridgehead atoms. The molecule has 5 atom stereocenters. The van der Waals surface area contributed by atoms with E-state index in [4.69, 9.17) is 10.8 Å². The zero-order valence-corrected chi connectivity index (χ0v) is 27.5. The predicted octanol–water partition coefficient (Wildman–Crippen LogP) is -0.815. The van der Waals surface area contributed by atoms with Crippen LogP contribution in [0.4, 0.5) is 0 Å². The lowest BCUT2D eigenvalue weighted by molar-refractivity contribution is -0.143. The first-order chi connectivity index (χ1) is 23.1. The molecule has 266 valence electrons. The first-order valence-corrected chi connectivity index (χ1v) is 15.6. The minimum atomic E-state index is -1.51. The number of nitrogens with two attached hydrogens (primary N) is 1. The summed E-state index contributed by atoms with van der Waals surface area (Å²) in [5.74, 6) is -6.83. The van der Waals surface area contributed by atoms with Crippen LogP contribution in [0, 0.1) is 5.92 Å². The molecular formula is C33H44N6O10. The maximum atomic E-state index is 13.5. The highest BCUT2D eigenvalue weighted by Gasteiger charge is 2.32. The molecule has 2 rings (SSSR count). The number of nitrogens with one attached hydrogen (secondary N) is 5. The molecule has 10 N–H and O–H groups in total. The lowest BCUT2D eigenvalue weighted by atomic mass is 10.00. The van der Waals surface area contributed by atoms with Crippen LogP contribution in [0.2, 0.25) is 0 Å². The van der Waals surface area contributed by atoms with Crippen LogP contribution >= 0.6 is 0 Å². The monoisotopic (exact) mass is 684 g/mol. The van der Waals surface area contributed by atoms with Gasteiger partial charge in [-0.1, -0.05) is 56.3 Å². The Labute approximate surface area is 283 Å². The second-order valence-electron chi connectivity index (χ2n) is 11.8. The summed E-state index contributed by atoms with van der Waals surface area (Å²) >= 11 is 0. The lowest BCUT2D eigenvalue weighted by Crippen LogP contribution is -2.58. The van der Waals surface area contributed by atoms with Crippen molar-refractivity contribution in [2.45, 2.75) is 76.7 Å². The van der Waals surface area contributed by atoms with Crippen molar-refractivity contribution in [2.24, 2.45) is 11.7 Å². The third kappa shape index (κ3) is 14.0. The molecule has 0 spiro atoms. The molecule has 5 amide bonds. The fourth-order valence-electron chi connectivity index (χ4n) is 4.57. The number of phenols is 1. The van der Waals surface area contributed by atoms with Gasteiger partial charge in [0.05, 0.1) is 12.6 Å². The number of hydrogen-bond donors (Lipinski definition) is 9. The number of aliphatic carboxylic acids is 2. The van der Waals surface area contributed by atoms with Gasteiger partial charge < -0.3 is 47.6 Å². The van der Waals surface area contributed by atoms with E-state index < -0.39 is 90.6 Å². The van der Waals surface area contributed by atoms with Crippen molar-refractivity contribution in [1.82, 2.24) is 26.6 Å². The molecule has 0 fully saturated rings. The average molecular weight is 685 g/mol. The van der Waals surface area contributed by atoms with E-state index in [0.717, 1.165) is 0 Å². The van der Waals surface area contributed by atoms with Crippen LogP contribution in [0.25, 0.3) is 0 Å². The predicted molar refractivity (Wildman–Crippen MR) is 176 cm³/mol. The summed E-state index contributed by atoms with van der Waals surface area (Å²) in [6.45, 7) is 4.06. The standard InChI is InChI=1S/C33H44N6O10/c1-18(2)28(32(47)38-24(33(48)49)13-14-27(42)43)39-31(46)25(16-20-7-5-4-6-8-20)37-26(41)17-35-29(44)19(3)36-30(45)23(34)15-21-9-11-22(40)12-10-21/h4-12,18-19,23-25,28,40H,13-17,34H2,1-3H3,(H,35,44)(H,36,45)(H,37,41)(H,38,47)(H,39,46)(H,42,43)(H,48,49)/t19-,23+,24+,25+,28+/m1/s1. The lowest BCUT2D eigenvalue weighted by Gasteiger charge is -2.26. The molecular weight excluding hydrogens is 640 g/mol. The van der Waals surface area contributed by atoms with Gasteiger partial charge in [0, 0.05) is 12.8 Å². The maximum Gasteiger partial charge on any atom is 0.326 e. The van der Waals surface area contributed by atoms with Gasteiger partial charge in [-0.15, -0.1) is 0 Å². The average Bonchev–Trinajstić information content (AvgIpc) is 3.04. The van der Waals surface area contributed by atoms with Gasteiger partial charge in [-0.3, -0.25) is 28.8 Å². The van der Waals surface area contributed by atoms with Gasteiger partial charge in [-0.25, -0.2) is 4.79 Å². The van der Waals surface area contributed by atoms with Crippen molar-refractivity contribution in [1.29, 1.82) is 0 Å². The summed E-state index contributed by atoms with van der Waals surface area (Å²) in [4.78, 5) is 87.1. The van der Waals surface area contributed by atoms with Crippen molar-refractivity contribution in [3.8, 4) is 5.75 Å². The number of aromatic hydroxyl groups is 1. The van der Waals surface area contributed by atoms with Crippen molar-refractivity contribution >= 4 is 41.5 Å². The van der Waals surface area contributed by atoms with Crippen molar-refractivity contribution in [2.75, 3.05) is 6.54 Å². The molecule has 0 aliphatic rings. The highest BCUT2D eigenvalue weighted by molar-refractivity contribution is 5.95. The topological polar surface area (TPSA) is 266 Å². The Morgan fingerprint density at radius 1 is 0.694 bits per heavy atom. The van der Waals surface area contributed by atoms with Crippen molar-refractivity contribution in [3.63, 3.8) is 0 Å². The smallest absolute Gasteiger partial charge is 0.326 e. The molecule has 16 heteroatoms. The van der Waals surface area contributed by atoms with Crippen molar-refractivity contribution in [3.05, 3.63) is 65.7 Å². The van der Waals surface area contributed by atoms with Crippen LogP contribution in [0.3, 0.4) is 0 Å². The van der Waals surface area contributed by atoms with E-state index in [1.807, 2.05) is 0 Å². The van der Waals surface area contributed by atoms with E-state index in [0.29, 0.717) is 11.1 Å². The fourth-order valence-corrected chi connectivity index (χ4v) is 4.57. The summed E-state index contributed by atoms with van der Waals surface area (Å²) in [5, 5.41) is 40.0. The van der Waals surface area contributed by atoms with E-state index in [2.05, 4.69) is 26.6 Å². The zero-order valence-electron chi connectivity index (χ0n) is 27.5. The number of carbonyl (C=O) groups is 7. The molecule has 0 heterocycles. The second kappa shape index (κ2) is 19.3. The number of amides is 5. The third-order valence-corrected chi connectivity index (χ3v) is 7.35. The van der Waals surface area contributed by atoms with Gasteiger partial charge in [0.25, 0.3) is 0 Å². The quantitative estimate of drug-likeness (QED) is 0.0883. The SMILES string of the molecule is CC(C)[C@H](NC(=O)[C@H](Cc1ccccc1)NC(=O)CNC(=O)[C@@H](C)NC(=O)[C@@H](N)Cc1ccc(O)cc1)C(=O)N[C@@H](CCC(=O)O)C(=O)O. The summed E-state index contributed by atoms with van der Waals surface area (Å²) in [6, 6.07) is 8.77. The Balaban J connectivity index is 2.04. The van der Waals surface area contributed by atoms with Crippen LogP contribution in [0.1, 0.15) is 44.7 Å². The summed E-state index contributed by atoms with van der Waals surface area (Å²) in [5.41, 5.74) is 7.32. The summed E-state index contributed by atoms with van der Waals surface area (Å²) < 4.78 is 0. The molecule has 49 heavy (non-hydrogen) atoms. The Bertz CT molecular complexity index is 1470. The van der Waals surface area contributed by atoms with E-state index >= 15 is 0 Å². The van der Waals surface area contributed by atoms with Gasteiger partial charge in [-0.2, -0.15) is 0 Å². The Kier molecular flexibility index (Phi) is 15.7. The molecule has 0 aromatic heterocycles. The number of rotatable bonds is 19. The van der Waals surface area contributed by atoms with Gasteiger partial charge in [0.1, 0.15) is 29.9 Å². The number of hydrogen-bond acceptors (Lipinski definition) is 9. The minimum Gasteiger partial charge on any atom is -0.508 e. The largest absolute Gasteiger partial charge is 0.508 e. The number of benzene rings is 2. The van der Waals surface area contributed by atoms with Crippen LogP contribution < -0.4 is 32.3 Å². The third-order valence-electron chi connectivity index (χ3n) is 7.35. The molecule has 0 saturated heterocycles. The molecule has 0 aliphatic heterocycles. The molecule has 0 unspecified atom stereocenters. The Morgan fingerprint density at radius 2 is 1.31 bits per heavy atom. The van der Waals surface area contributed by atoms with E-state index in [-0.39, 0.29) is 25.0 Å². The maximum absolute atomic E-state index is 13.5. The number of carboxylic acids is 2. The van der Waals surface area contributed by atoms with E-state index in [1.165, 1.54) is 19.1 Å². The normalized spacial score (nSPS) is 13.9. The number of carbonyl (C=O) groups excluding carboxylic acids is 5. The molecule has 2 aromatic rings. The molecule has 0 aliphatic carbocycles. The number of carboxylic acid groups (broad SMARTS) is 2. The highest BCUT2D eigenvalue weighted by Crippen LogP contribution is 2.11. The zero-order chi connectivity index (χ0) is 36.7. The van der Waals surface area contributed by atoms with Crippen molar-refractivity contribution < 1.29 is 48.9 Å². The van der Waals surface area contributed by atoms with E-state index in [9.17, 15) is 43.8 Å². The first kappa shape index (κ1) is 39.7. The van der Waals surface area contributed by atoms with Gasteiger partial charge >= 0.3 is 11.9 Å². The minimum absolute atomic E-state index is 0.000532. The van der Waals surface area contributed by atoms with Crippen LogP contribution in [0.5, 0.6) is 5.75 Å². The Hall–Kier alpha value is -5.51. The highest BCUT2D eigenvalue weighted by atomic mass is 16.4. The fraction of sp³-hybridized carbons (Fsp3) is 0.424. The molecule has 0 radical (unpaired) electrons. The van der Waals surface area contributed by atoms with E-state index in [1.54, 1.807) is 56.3 Å². The van der Waals surface area contributed by atoms with Crippen LogP contribution in [-0.2, 0) is 46.4 Å². The Morgan fingerprint density at radius 3 is 1.88 bits per heavy atom. The number of phenolic OH excluding ortho intramolecular Hbond substituents is 1. The summed E-state index contributed by atoms with van der Waals surface area (Å²) in [7, 11) is 0. The van der Waals surface area contributed by atoms with Gasteiger partial charge in [0.15, 0.2) is 0 Å². The first-order valence-electron chi connectivity index (χ1n) is 15.6. The molecule has 0 saturated carbocycles. The van der Waals surface area contributed by atoms with Crippen LogP contribution in [0.15, 0.2) is 54.6 Å². The van der Waals surface area contributed by atoms with Gasteiger partial charge in [0.2, 0.25) is 29.5 Å².